The molecule has 0 aliphatic carbocycles. The second-order valence-corrected chi connectivity index (χ2v) is 11.9. The number of hydrogen-bond acceptors (Lipinski definition) is 6. The predicted octanol–water partition coefficient (Wildman–Crippen LogP) is 5.60. The second kappa shape index (κ2) is 10.9. The Bertz CT molecular complexity index is 1590. The molecule has 4 aromatic rings. The van der Waals surface area contributed by atoms with Gasteiger partial charge in [0, 0.05) is 19.5 Å². The van der Waals surface area contributed by atoms with Gasteiger partial charge in [-0.1, -0.05) is 59.9 Å². The third kappa shape index (κ3) is 6.35. The largest absolute Gasteiger partial charge is 0.416 e. The molecule has 0 fully saturated rings. The zero-order chi connectivity index (χ0) is 28.4. The Morgan fingerprint density at radius 3 is 2.28 bits per heavy atom. The number of carbonyl (C=O) groups excluding carboxylic acids is 1. The fourth-order valence-corrected chi connectivity index (χ4v) is 7.01. The maximum Gasteiger partial charge on any atom is 0.416 e. The Kier molecular flexibility index (Phi) is 7.92. The van der Waals surface area contributed by atoms with E-state index in [0.29, 0.717) is 5.56 Å². The molecule has 0 bridgehead atoms. The summed E-state index contributed by atoms with van der Waals surface area (Å²) in [6.07, 6.45) is -3.17. The third-order valence-electron chi connectivity index (χ3n) is 5.93. The third-order valence-corrected chi connectivity index (χ3v) is 9.11. The van der Waals surface area contributed by atoms with Gasteiger partial charge < -0.3 is 5.32 Å². The fourth-order valence-electron chi connectivity index (χ4n) is 4.18. The molecule has 7 nitrogen and oxygen atoms in total. The number of carbonyl (C=O) groups is 1. The average molecular weight is 575 g/mol. The van der Waals surface area contributed by atoms with E-state index in [1.807, 2.05) is 0 Å². The molecule has 2 N–H and O–H groups in total. The van der Waals surface area contributed by atoms with Gasteiger partial charge >= 0.3 is 6.18 Å². The smallest absolute Gasteiger partial charge is 0.302 e. The Hall–Kier alpha value is -3.61. The van der Waals surface area contributed by atoms with Crippen molar-refractivity contribution < 1.29 is 26.4 Å². The van der Waals surface area contributed by atoms with Crippen LogP contribution >= 0.6 is 11.3 Å². The van der Waals surface area contributed by atoms with Crippen molar-refractivity contribution in [3.8, 4) is 0 Å². The molecule has 39 heavy (non-hydrogen) atoms. The Balaban J connectivity index is 1.97. The number of aryl methyl sites for hydroxylation is 2. The SMILES string of the molecule is CC(=O)Nc1nc(C)c(S(=O)(=O)NC(Cc2ccccc2)(c2cccc(C(F)(F)F)c2)c2ccc(C)cn2)s1. The van der Waals surface area contributed by atoms with Crippen LogP contribution in [0.4, 0.5) is 18.3 Å². The van der Waals surface area contributed by atoms with Crippen molar-refractivity contribution >= 4 is 32.4 Å². The number of aromatic nitrogens is 2. The van der Waals surface area contributed by atoms with Crippen molar-refractivity contribution in [3.05, 3.63) is 107 Å². The van der Waals surface area contributed by atoms with Crippen LogP contribution in [-0.2, 0) is 33.0 Å². The molecule has 2 aromatic carbocycles. The minimum atomic E-state index is -4.66. The van der Waals surface area contributed by atoms with E-state index < -0.39 is 33.2 Å². The average Bonchev–Trinajstić information content (AvgIpc) is 3.24. The summed E-state index contributed by atoms with van der Waals surface area (Å²) >= 11 is 0.748. The van der Waals surface area contributed by atoms with Crippen molar-refractivity contribution in [1.29, 1.82) is 0 Å². The first kappa shape index (κ1) is 28.4. The van der Waals surface area contributed by atoms with Gasteiger partial charge in [-0.2, -0.15) is 17.9 Å². The van der Waals surface area contributed by atoms with Crippen LogP contribution in [0.25, 0.3) is 0 Å². The minimum absolute atomic E-state index is 0.0408. The molecule has 0 aliphatic heterocycles. The molecule has 1 amide bonds. The topological polar surface area (TPSA) is 101 Å². The van der Waals surface area contributed by atoms with Crippen LogP contribution in [0.3, 0.4) is 0 Å². The normalized spacial score (nSPS) is 13.6. The van der Waals surface area contributed by atoms with Gasteiger partial charge in [0.1, 0.15) is 5.54 Å². The summed E-state index contributed by atoms with van der Waals surface area (Å²) in [4.78, 5) is 20.1. The van der Waals surface area contributed by atoms with Crippen LogP contribution < -0.4 is 10.0 Å². The van der Waals surface area contributed by atoms with Gasteiger partial charge in [-0.05, 0) is 48.7 Å². The van der Waals surface area contributed by atoms with Crippen molar-refractivity contribution in [2.45, 2.75) is 43.1 Å². The first-order valence-electron chi connectivity index (χ1n) is 11.7. The van der Waals surface area contributed by atoms with Gasteiger partial charge in [0.2, 0.25) is 5.91 Å². The van der Waals surface area contributed by atoms with E-state index in [1.54, 1.807) is 49.4 Å². The quantitative estimate of drug-likeness (QED) is 0.286. The predicted molar refractivity (Wildman–Crippen MR) is 143 cm³/mol. The number of anilines is 1. The molecule has 4 rings (SSSR count). The van der Waals surface area contributed by atoms with Crippen LogP contribution in [0.2, 0.25) is 0 Å². The highest BCUT2D eigenvalue weighted by Gasteiger charge is 2.43. The second-order valence-electron chi connectivity index (χ2n) is 9.05. The number of pyridine rings is 1. The maximum atomic E-state index is 13.9. The lowest BCUT2D eigenvalue weighted by atomic mass is 9.81. The van der Waals surface area contributed by atoms with Crippen molar-refractivity contribution in [1.82, 2.24) is 14.7 Å². The van der Waals surface area contributed by atoms with Crippen molar-refractivity contribution in [2.24, 2.45) is 0 Å². The molecular weight excluding hydrogens is 549 g/mol. The van der Waals surface area contributed by atoms with Crippen molar-refractivity contribution in [2.75, 3.05) is 5.32 Å². The molecule has 0 saturated heterocycles. The lowest BCUT2D eigenvalue weighted by molar-refractivity contribution is -0.137. The highest BCUT2D eigenvalue weighted by atomic mass is 32.2. The van der Waals surface area contributed by atoms with E-state index >= 15 is 0 Å². The molecule has 204 valence electrons. The Morgan fingerprint density at radius 1 is 0.974 bits per heavy atom. The summed E-state index contributed by atoms with van der Waals surface area (Å²) in [5.74, 6) is -0.424. The number of benzene rings is 2. The van der Waals surface area contributed by atoms with Gasteiger partial charge in [-0.25, -0.2) is 13.4 Å². The standard InChI is InChI=1S/C27H25F3N4O3S2/c1-17-12-13-23(31-16-17)26(15-20-8-5-4-6-9-20,21-10-7-11-22(14-21)27(28,29)30)34-39(36,37)24-18(2)32-25(38-24)33-19(3)35/h4-14,16,34H,15H2,1-3H3,(H,32,33,35). The number of alkyl halides is 3. The number of amides is 1. The van der Waals surface area contributed by atoms with Gasteiger partial charge in [-0.15, -0.1) is 0 Å². The van der Waals surface area contributed by atoms with E-state index in [0.717, 1.165) is 29.0 Å². The first-order chi connectivity index (χ1) is 18.3. The van der Waals surface area contributed by atoms with Crippen molar-refractivity contribution in [3.63, 3.8) is 0 Å². The number of nitrogens with zero attached hydrogens (tertiary/aromatic N) is 2. The molecule has 2 aromatic heterocycles. The highest BCUT2D eigenvalue weighted by molar-refractivity contribution is 7.91. The molecule has 0 aliphatic rings. The van der Waals surface area contributed by atoms with Crippen LogP contribution in [-0.4, -0.2) is 24.3 Å². The number of nitrogens with one attached hydrogen (secondary N) is 2. The monoisotopic (exact) mass is 574 g/mol. The number of halogens is 3. The van der Waals surface area contributed by atoms with E-state index in [4.69, 9.17) is 0 Å². The van der Waals surface area contributed by atoms with Gasteiger partial charge in [0.15, 0.2) is 9.34 Å². The van der Waals surface area contributed by atoms with E-state index in [2.05, 4.69) is 20.0 Å². The summed E-state index contributed by atoms with van der Waals surface area (Å²) in [6, 6.07) is 16.7. The minimum Gasteiger partial charge on any atom is -0.302 e. The molecule has 0 saturated carbocycles. The number of sulfonamides is 1. The lowest BCUT2D eigenvalue weighted by Crippen LogP contribution is -2.49. The zero-order valence-electron chi connectivity index (χ0n) is 21.2. The Morgan fingerprint density at radius 2 is 1.67 bits per heavy atom. The highest BCUT2D eigenvalue weighted by Crippen LogP contribution is 2.39. The van der Waals surface area contributed by atoms with Crippen LogP contribution in [0, 0.1) is 13.8 Å². The fraction of sp³-hybridized carbons (Fsp3) is 0.222. The lowest BCUT2D eigenvalue weighted by Gasteiger charge is -2.35. The zero-order valence-corrected chi connectivity index (χ0v) is 22.8. The molecular formula is C27H25F3N4O3S2. The van der Waals surface area contributed by atoms with Gasteiger partial charge in [-0.3, -0.25) is 9.78 Å². The number of rotatable bonds is 8. The first-order valence-corrected chi connectivity index (χ1v) is 14.0. The maximum absolute atomic E-state index is 13.9. The van der Waals surface area contributed by atoms with E-state index in [1.165, 1.54) is 32.2 Å². The molecule has 1 unspecified atom stereocenters. The van der Waals surface area contributed by atoms with Gasteiger partial charge in [0.05, 0.1) is 17.0 Å². The van der Waals surface area contributed by atoms with Crippen LogP contribution in [0.1, 0.15) is 40.6 Å². The summed E-state index contributed by atoms with van der Waals surface area (Å²) in [5, 5.41) is 2.56. The molecule has 0 spiro atoms. The van der Waals surface area contributed by atoms with Crippen LogP contribution in [0.15, 0.2) is 77.1 Å². The summed E-state index contributed by atoms with van der Waals surface area (Å²) in [7, 11) is -4.40. The summed E-state index contributed by atoms with van der Waals surface area (Å²) in [5.41, 5.74) is -0.803. The molecule has 12 heteroatoms. The molecule has 1 atom stereocenters. The number of thiazole rings is 1. The Labute approximate surface area is 228 Å². The summed E-state index contributed by atoms with van der Waals surface area (Å²) in [6.45, 7) is 4.54. The number of hydrogen-bond donors (Lipinski definition) is 2. The molecule has 0 radical (unpaired) electrons. The van der Waals surface area contributed by atoms with E-state index in [-0.39, 0.29) is 32.7 Å². The molecule has 2 heterocycles. The van der Waals surface area contributed by atoms with E-state index in [9.17, 15) is 26.4 Å². The summed E-state index contributed by atoms with van der Waals surface area (Å²) < 4.78 is 71.8. The van der Waals surface area contributed by atoms with Gasteiger partial charge in [0.25, 0.3) is 10.0 Å². The van der Waals surface area contributed by atoms with Crippen LogP contribution in [0.5, 0.6) is 0 Å².